The molecule has 0 saturated heterocycles. The van der Waals surface area contributed by atoms with Gasteiger partial charge in [0.25, 0.3) is 0 Å². The summed E-state index contributed by atoms with van der Waals surface area (Å²) in [6.45, 7) is 2.05. The van der Waals surface area contributed by atoms with Crippen molar-refractivity contribution in [3.05, 3.63) is 33.4 Å². The molecule has 0 aliphatic heterocycles. The monoisotopic (exact) mass is 341 g/mol. The Morgan fingerprint density at radius 1 is 1.47 bits per heavy atom. The van der Waals surface area contributed by atoms with Gasteiger partial charge >= 0.3 is 0 Å². The van der Waals surface area contributed by atoms with Crippen molar-refractivity contribution in [2.24, 2.45) is 5.73 Å². The van der Waals surface area contributed by atoms with E-state index in [0.717, 1.165) is 22.0 Å². The molecule has 0 aromatic heterocycles. The van der Waals surface area contributed by atoms with Crippen LogP contribution in [-0.2, 0) is 0 Å². The summed E-state index contributed by atoms with van der Waals surface area (Å²) in [5.74, 6) is 0. The Morgan fingerprint density at radius 3 is 2.67 bits per heavy atom. The molecule has 0 aliphatic rings. The Hall–Kier alpha value is 0.160. The summed E-state index contributed by atoms with van der Waals surface area (Å²) in [6.07, 6.45) is 1.28. The Bertz CT molecular complexity index is 296. The molecule has 0 bridgehead atoms. The lowest BCUT2D eigenvalue weighted by molar-refractivity contribution is 0.134. The van der Waals surface area contributed by atoms with Crippen molar-refractivity contribution < 1.29 is 5.11 Å². The highest BCUT2D eigenvalue weighted by molar-refractivity contribution is 14.1. The van der Waals surface area contributed by atoms with Gasteiger partial charge in [0.05, 0.1) is 12.1 Å². The predicted molar refractivity (Wildman–Crippen MR) is 74.3 cm³/mol. The molecule has 0 aliphatic carbocycles. The number of aliphatic hydroxyl groups is 1. The van der Waals surface area contributed by atoms with Gasteiger partial charge in [0.15, 0.2) is 0 Å². The van der Waals surface area contributed by atoms with Gasteiger partial charge in [0, 0.05) is 3.57 Å². The molecule has 0 spiro atoms. The largest absolute Gasteiger partial charge is 0.391 e. The average Bonchev–Trinajstić information content (AvgIpc) is 2.17. The van der Waals surface area contributed by atoms with Crippen molar-refractivity contribution in [1.29, 1.82) is 0 Å². The summed E-state index contributed by atoms with van der Waals surface area (Å²) in [7, 11) is 0. The molecule has 2 atom stereocenters. The normalized spacial score (nSPS) is 14.1. The first-order chi connectivity index (χ1) is 6.65. The van der Waals surface area contributed by atoms with Crippen LogP contribution in [-0.4, -0.2) is 11.2 Å². The number of halogens is 2. The highest BCUT2D eigenvalue weighted by Gasteiger charge is 2.15. The van der Waals surface area contributed by atoms with Crippen LogP contribution >= 0.6 is 35.0 Å². The van der Waals surface area contributed by atoms with Crippen molar-refractivity contribution in [3.8, 4) is 0 Å². The highest BCUT2D eigenvalue weighted by atomic mass is 127. The van der Waals surface area contributed by atoms with Gasteiger partial charge in [0.2, 0.25) is 0 Å². The van der Waals surface area contributed by atoms with Gasteiger partial charge in [-0.25, -0.2) is 0 Å². The molecule has 3 N–H and O–H groups in total. The second-order valence-corrected chi connectivity index (χ2v) is 4.68. The molecule has 15 heavy (non-hydrogen) atoms. The zero-order valence-corrected chi connectivity index (χ0v) is 11.7. The zero-order valence-electron chi connectivity index (χ0n) is 8.69. The predicted octanol–water partition coefficient (Wildman–Crippen LogP) is 2.87. The van der Waals surface area contributed by atoms with Crippen molar-refractivity contribution in [2.45, 2.75) is 31.9 Å². The first kappa shape index (κ1) is 15.2. The van der Waals surface area contributed by atoms with Crippen LogP contribution in [0.25, 0.3) is 0 Å². The van der Waals surface area contributed by atoms with Gasteiger partial charge in [-0.1, -0.05) is 25.5 Å². The Labute approximate surface area is 111 Å². The summed E-state index contributed by atoms with van der Waals surface area (Å²) >= 11 is 2.25. The third kappa shape index (κ3) is 4.68. The van der Waals surface area contributed by atoms with E-state index in [1.54, 1.807) is 0 Å². The molecule has 0 saturated carbocycles. The minimum atomic E-state index is -0.432. The van der Waals surface area contributed by atoms with E-state index in [1.807, 2.05) is 31.2 Å². The molecule has 2 nitrogen and oxygen atoms in total. The number of nitrogens with two attached hydrogens (primary N) is 1. The first-order valence-electron chi connectivity index (χ1n) is 4.84. The minimum Gasteiger partial charge on any atom is -0.391 e. The zero-order chi connectivity index (χ0) is 10.6. The second kappa shape index (κ2) is 7.44. The molecular formula is C11H17ClINO. The summed E-state index contributed by atoms with van der Waals surface area (Å²) in [6, 6.07) is 7.71. The molecule has 0 fully saturated rings. The fourth-order valence-electron chi connectivity index (χ4n) is 1.41. The molecule has 1 aromatic rings. The lowest BCUT2D eigenvalue weighted by atomic mass is 9.99. The average molecular weight is 342 g/mol. The Balaban J connectivity index is 0.00000196. The van der Waals surface area contributed by atoms with E-state index in [1.165, 1.54) is 0 Å². The number of benzene rings is 1. The van der Waals surface area contributed by atoms with Crippen molar-refractivity contribution in [1.82, 2.24) is 0 Å². The van der Waals surface area contributed by atoms with Crippen LogP contribution in [0.1, 0.15) is 31.4 Å². The summed E-state index contributed by atoms with van der Waals surface area (Å²) in [5.41, 5.74) is 6.95. The molecular weight excluding hydrogens is 324 g/mol. The van der Waals surface area contributed by atoms with Gasteiger partial charge in [-0.15, -0.1) is 12.4 Å². The molecule has 86 valence electrons. The topological polar surface area (TPSA) is 46.2 Å². The van der Waals surface area contributed by atoms with Gasteiger partial charge in [-0.05, 0) is 46.7 Å². The number of hydrogen-bond acceptors (Lipinski definition) is 2. The Morgan fingerprint density at radius 2 is 2.13 bits per heavy atom. The van der Waals surface area contributed by atoms with Crippen LogP contribution in [0, 0.1) is 3.57 Å². The standard InChI is InChI=1S/C11H16INO.ClH/c1-2-4-10(14)11(13)8-5-3-6-9(12)7-8;/h3,5-7,10-11,14H,2,4,13H2,1H3;1H/t10-,11+;/m1./s1. The van der Waals surface area contributed by atoms with Crippen LogP contribution < -0.4 is 5.73 Å². The van der Waals surface area contributed by atoms with E-state index >= 15 is 0 Å². The van der Waals surface area contributed by atoms with E-state index in [2.05, 4.69) is 22.6 Å². The second-order valence-electron chi connectivity index (χ2n) is 3.44. The quantitative estimate of drug-likeness (QED) is 0.827. The van der Waals surface area contributed by atoms with Crippen LogP contribution in [0.4, 0.5) is 0 Å². The molecule has 1 aromatic carbocycles. The third-order valence-electron chi connectivity index (χ3n) is 2.23. The summed E-state index contributed by atoms with van der Waals surface area (Å²) in [4.78, 5) is 0. The lowest BCUT2D eigenvalue weighted by Gasteiger charge is -2.18. The van der Waals surface area contributed by atoms with Gasteiger partial charge in [-0.2, -0.15) is 0 Å². The molecule has 4 heteroatoms. The van der Waals surface area contributed by atoms with Crippen LogP contribution in [0.3, 0.4) is 0 Å². The van der Waals surface area contributed by atoms with Crippen molar-refractivity contribution in [2.75, 3.05) is 0 Å². The summed E-state index contributed by atoms with van der Waals surface area (Å²) in [5, 5.41) is 9.73. The van der Waals surface area contributed by atoms with E-state index < -0.39 is 6.10 Å². The maximum atomic E-state index is 9.73. The fraction of sp³-hybridized carbons (Fsp3) is 0.455. The molecule has 0 amide bonds. The summed E-state index contributed by atoms with van der Waals surface area (Å²) < 4.78 is 1.15. The molecule has 0 unspecified atom stereocenters. The van der Waals surface area contributed by atoms with Gasteiger partial charge in [0.1, 0.15) is 0 Å². The smallest absolute Gasteiger partial charge is 0.0732 e. The third-order valence-corrected chi connectivity index (χ3v) is 2.90. The first-order valence-corrected chi connectivity index (χ1v) is 5.92. The Kier molecular flexibility index (Phi) is 7.52. The highest BCUT2D eigenvalue weighted by Crippen LogP contribution is 2.19. The fourth-order valence-corrected chi connectivity index (χ4v) is 1.98. The lowest BCUT2D eigenvalue weighted by Crippen LogP contribution is -2.25. The number of hydrogen-bond donors (Lipinski definition) is 2. The van der Waals surface area contributed by atoms with Crippen LogP contribution in [0.15, 0.2) is 24.3 Å². The van der Waals surface area contributed by atoms with E-state index in [0.29, 0.717) is 0 Å². The SMILES string of the molecule is CCC[C@@H](O)[C@@H](N)c1cccc(I)c1.Cl. The minimum absolute atomic E-state index is 0. The number of aliphatic hydroxyl groups excluding tert-OH is 1. The maximum absolute atomic E-state index is 9.73. The van der Waals surface area contributed by atoms with Gasteiger partial charge in [-0.3, -0.25) is 0 Å². The van der Waals surface area contributed by atoms with Crippen molar-refractivity contribution >= 4 is 35.0 Å². The van der Waals surface area contributed by atoms with Crippen LogP contribution in [0.5, 0.6) is 0 Å². The maximum Gasteiger partial charge on any atom is 0.0732 e. The molecule has 0 radical (unpaired) electrons. The number of rotatable bonds is 4. The molecule has 1 rings (SSSR count). The van der Waals surface area contributed by atoms with Crippen LogP contribution in [0.2, 0.25) is 0 Å². The van der Waals surface area contributed by atoms with E-state index in [4.69, 9.17) is 5.73 Å². The molecule has 0 heterocycles. The van der Waals surface area contributed by atoms with Gasteiger partial charge < -0.3 is 10.8 Å². The van der Waals surface area contributed by atoms with E-state index in [-0.39, 0.29) is 18.4 Å². The van der Waals surface area contributed by atoms with E-state index in [9.17, 15) is 5.11 Å². The van der Waals surface area contributed by atoms with Crippen molar-refractivity contribution in [3.63, 3.8) is 0 Å².